The molecule has 9 aromatic carbocycles. The molecule has 0 unspecified atom stereocenters. The summed E-state index contributed by atoms with van der Waals surface area (Å²) in [6, 6.07) is 76.6. The SMILES string of the molecule is CC1(C)c2cc(-c3ccc(-c4ccc5c(c4)C(C)(C)c4cc(-c6ccccc6-c6ccccc6)ccc4-5)cc3)ccc2-c2ccc(-c3ccccc3-c3ccccc3)cc21. The summed E-state index contributed by atoms with van der Waals surface area (Å²) in [7, 11) is 0. The highest BCUT2D eigenvalue weighted by molar-refractivity contribution is 5.91. The van der Waals surface area contributed by atoms with Gasteiger partial charge in [-0.25, -0.2) is 0 Å². The Morgan fingerprint density at radius 1 is 0.200 bits per heavy atom. The van der Waals surface area contributed by atoms with Gasteiger partial charge in [-0.05, 0) is 136 Å². The van der Waals surface area contributed by atoms with Crippen molar-refractivity contribution in [1.82, 2.24) is 0 Å². The molecule has 0 aromatic heterocycles. The van der Waals surface area contributed by atoms with Crippen LogP contribution in [-0.2, 0) is 10.8 Å². The molecule has 0 saturated carbocycles. The molecule has 0 nitrogen and oxygen atoms in total. The zero-order valence-electron chi connectivity index (χ0n) is 34.6. The third kappa shape index (κ3) is 5.74. The van der Waals surface area contributed by atoms with Crippen LogP contribution in [0.15, 0.2) is 206 Å². The van der Waals surface area contributed by atoms with Crippen LogP contribution in [0.5, 0.6) is 0 Å². The van der Waals surface area contributed by atoms with Gasteiger partial charge in [0.05, 0.1) is 0 Å². The molecule has 0 amide bonds. The Bertz CT molecular complexity index is 2890. The van der Waals surface area contributed by atoms with E-state index < -0.39 is 0 Å². The zero-order chi connectivity index (χ0) is 40.6. The van der Waals surface area contributed by atoms with Gasteiger partial charge in [0, 0.05) is 10.8 Å². The molecule has 0 bridgehead atoms. The van der Waals surface area contributed by atoms with Crippen LogP contribution >= 0.6 is 0 Å². The monoisotopic (exact) mass is 766 g/mol. The molecule has 0 saturated heterocycles. The summed E-state index contributed by atoms with van der Waals surface area (Å²) in [6.07, 6.45) is 0. The summed E-state index contributed by atoms with van der Waals surface area (Å²) in [6.45, 7) is 9.54. The van der Waals surface area contributed by atoms with Gasteiger partial charge in [-0.3, -0.25) is 0 Å². The zero-order valence-corrected chi connectivity index (χ0v) is 34.6. The highest BCUT2D eigenvalue weighted by Crippen LogP contribution is 2.53. The maximum Gasteiger partial charge on any atom is 0.0159 e. The smallest absolute Gasteiger partial charge is 0.0159 e. The molecule has 9 aromatic rings. The van der Waals surface area contributed by atoms with E-state index in [0.29, 0.717) is 0 Å². The molecule has 0 spiro atoms. The summed E-state index contributed by atoms with van der Waals surface area (Å²) in [5.74, 6) is 0. The largest absolute Gasteiger partial charge is 0.0622 e. The quantitative estimate of drug-likeness (QED) is 0.158. The van der Waals surface area contributed by atoms with Crippen LogP contribution in [0, 0.1) is 0 Å². The number of hydrogen-bond donors (Lipinski definition) is 0. The van der Waals surface area contributed by atoms with E-state index in [-0.39, 0.29) is 10.8 Å². The Kier molecular flexibility index (Phi) is 8.29. The molecule has 0 atom stereocenters. The third-order valence-corrected chi connectivity index (χ3v) is 13.5. The highest BCUT2D eigenvalue weighted by Gasteiger charge is 2.37. The van der Waals surface area contributed by atoms with Gasteiger partial charge in [-0.1, -0.05) is 210 Å². The van der Waals surface area contributed by atoms with Gasteiger partial charge >= 0.3 is 0 Å². The standard InChI is InChI=1S/C60H46/c1-59(2)55-35-43(27-31-51(55)53-33-29-45(37-57(53)59)49-21-13-11-19-47(49)41-15-7-5-8-16-41)39-23-25-40(26-24-39)44-28-32-52-54-34-30-46(38-58(54)60(3,4)56(52)36-44)50-22-14-12-20-48(50)42-17-9-6-10-18-42/h5-38H,1-4H3. The Hall–Kier alpha value is -7.02. The molecule has 0 fully saturated rings. The second kappa shape index (κ2) is 13.8. The van der Waals surface area contributed by atoms with E-state index in [4.69, 9.17) is 0 Å². The molecule has 60 heavy (non-hydrogen) atoms. The van der Waals surface area contributed by atoms with Gasteiger partial charge in [0.25, 0.3) is 0 Å². The van der Waals surface area contributed by atoms with Crippen molar-refractivity contribution in [2.45, 2.75) is 38.5 Å². The topological polar surface area (TPSA) is 0 Å². The first-order valence-corrected chi connectivity index (χ1v) is 21.2. The summed E-state index contributed by atoms with van der Waals surface area (Å²) in [5.41, 5.74) is 25.7. The second-order valence-corrected chi connectivity index (χ2v) is 17.7. The highest BCUT2D eigenvalue weighted by atomic mass is 14.4. The number of rotatable bonds is 6. The first-order valence-electron chi connectivity index (χ1n) is 21.2. The summed E-state index contributed by atoms with van der Waals surface area (Å²) < 4.78 is 0. The van der Waals surface area contributed by atoms with Crippen molar-refractivity contribution in [1.29, 1.82) is 0 Å². The van der Waals surface area contributed by atoms with E-state index in [1.165, 1.54) is 111 Å². The van der Waals surface area contributed by atoms with Crippen LogP contribution in [0.25, 0.3) is 89.0 Å². The van der Waals surface area contributed by atoms with Gasteiger partial charge in [0.2, 0.25) is 0 Å². The molecule has 0 N–H and O–H groups in total. The fraction of sp³-hybridized carbons (Fsp3) is 0.100. The summed E-state index contributed by atoms with van der Waals surface area (Å²) in [4.78, 5) is 0. The van der Waals surface area contributed by atoms with Crippen LogP contribution < -0.4 is 0 Å². The lowest BCUT2D eigenvalue weighted by Gasteiger charge is -2.23. The van der Waals surface area contributed by atoms with E-state index in [0.717, 1.165) is 0 Å². The van der Waals surface area contributed by atoms with E-state index in [1.54, 1.807) is 0 Å². The van der Waals surface area contributed by atoms with Crippen molar-refractivity contribution in [3.05, 3.63) is 229 Å². The van der Waals surface area contributed by atoms with Crippen molar-refractivity contribution in [3.8, 4) is 89.0 Å². The van der Waals surface area contributed by atoms with Gasteiger partial charge < -0.3 is 0 Å². The summed E-state index contributed by atoms with van der Waals surface area (Å²) >= 11 is 0. The van der Waals surface area contributed by atoms with Crippen molar-refractivity contribution < 1.29 is 0 Å². The lowest BCUT2D eigenvalue weighted by atomic mass is 9.80. The fourth-order valence-electron chi connectivity index (χ4n) is 10.2. The van der Waals surface area contributed by atoms with Gasteiger partial charge in [-0.15, -0.1) is 0 Å². The van der Waals surface area contributed by atoms with Gasteiger partial charge in [0.15, 0.2) is 0 Å². The minimum Gasteiger partial charge on any atom is -0.0622 e. The van der Waals surface area contributed by atoms with Crippen molar-refractivity contribution >= 4 is 0 Å². The minimum atomic E-state index is -0.126. The van der Waals surface area contributed by atoms with Gasteiger partial charge in [0.1, 0.15) is 0 Å². The first kappa shape index (κ1) is 36.1. The van der Waals surface area contributed by atoms with Gasteiger partial charge in [-0.2, -0.15) is 0 Å². The molecule has 0 aliphatic heterocycles. The Morgan fingerprint density at radius 2 is 0.450 bits per heavy atom. The predicted octanol–water partition coefficient (Wildman–Crippen LogP) is 16.3. The lowest BCUT2D eigenvalue weighted by Crippen LogP contribution is -2.15. The third-order valence-electron chi connectivity index (χ3n) is 13.5. The minimum absolute atomic E-state index is 0.126. The van der Waals surface area contributed by atoms with E-state index in [2.05, 4.69) is 234 Å². The Morgan fingerprint density at radius 3 is 0.783 bits per heavy atom. The lowest BCUT2D eigenvalue weighted by molar-refractivity contribution is 0.660. The molecule has 0 radical (unpaired) electrons. The molecule has 2 aliphatic rings. The van der Waals surface area contributed by atoms with Crippen LogP contribution in [-0.4, -0.2) is 0 Å². The Balaban J connectivity index is 0.876. The summed E-state index contributed by atoms with van der Waals surface area (Å²) in [5, 5.41) is 0. The molecule has 286 valence electrons. The van der Waals surface area contributed by atoms with Crippen molar-refractivity contribution in [3.63, 3.8) is 0 Å². The number of fused-ring (bicyclic) bond motifs is 6. The van der Waals surface area contributed by atoms with Crippen LogP contribution in [0.4, 0.5) is 0 Å². The predicted molar refractivity (Wildman–Crippen MR) is 254 cm³/mol. The van der Waals surface area contributed by atoms with E-state index >= 15 is 0 Å². The fourth-order valence-corrected chi connectivity index (χ4v) is 10.2. The van der Waals surface area contributed by atoms with Crippen LogP contribution in [0.1, 0.15) is 49.9 Å². The molecular weight excluding hydrogens is 721 g/mol. The van der Waals surface area contributed by atoms with Crippen LogP contribution in [0.3, 0.4) is 0 Å². The molecule has 0 heteroatoms. The number of hydrogen-bond acceptors (Lipinski definition) is 0. The normalized spacial score (nSPS) is 13.9. The number of benzene rings is 9. The molecule has 2 aliphatic carbocycles. The Labute approximate surface area is 354 Å². The second-order valence-electron chi connectivity index (χ2n) is 17.7. The maximum absolute atomic E-state index is 2.44. The van der Waals surface area contributed by atoms with E-state index in [9.17, 15) is 0 Å². The molecule has 11 rings (SSSR count). The average molecular weight is 767 g/mol. The average Bonchev–Trinajstić information content (AvgIpc) is 3.67. The van der Waals surface area contributed by atoms with Crippen LogP contribution in [0.2, 0.25) is 0 Å². The molecular formula is C60H46. The van der Waals surface area contributed by atoms with Crippen molar-refractivity contribution in [2.24, 2.45) is 0 Å². The maximum atomic E-state index is 2.44. The van der Waals surface area contributed by atoms with E-state index in [1.807, 2.05) is 0 Å². The first-order chi connectivity index (χ1) is 29.3. The van der Waals surface area contributed by atoms with Crippen molar-refractivity contribution in [2.75, 3.05) is 0 Å². The molecule has 0 heterocycles.